The van der Waals surface area contributed by atoms with Crippen LogP contribution in [0.5, 0.6) is 0 Å². The Balaban J connectivity index is 1.03. The first-order valence-corrected chi connectivity index (χ1v) is 21.2. The Morgan fingerprint density at radius 2 is 0.825 bits per heavy atom. The van der Waals surface area contributed by atoms with E-state index in [0.29, 0.717) is 17.6 Å². The van der Waals surface area contributed by atoms with E-state index in [0.717, 1.165) is 77.2 Å². The minimum atomic E-state index is 0.545. The molecule has 0 radical (unpaired) electrons. The lowest BCUT2D eigenvalue weighted by Crippen LogP contribution is -2.06. The van der Waals surface area contributed by atoms with Crippen LogP contribution in [0.25, 0.3) is 122 Å². The third kappa shape index (κ3) is 5.62. The lowest BCUT2D eigenvalue weighted by Gasteiger charge is -2.12. The van der Waals surface area contributed by atoms with Crippen LogP contribution in [0.15, 0.2) is 217 Å². The Hall–Kier alpha value is -8.61. The lowest BCUT2D eigenvalue weighted by atomic mass is 9.99. The van der Waals surface area contributed by atoms with Crippen molar-refractivity contribution in [3.8, 4) is 56.7 Å². The van der Waals surface area contributed by atoms with Crippen molar-refractivity contribution in [1.82, 2.24) is 24.1 Å². The molecule has 0 spiro atoms. The van der Waals surface area contributed by atoms with Gasteiger partial charge in [-0.25, -0.2) is 4.98 Å². The molecule has 0 atom stereocenters. The van der Waals surface area contributed by atoms with E-state index < -0.39 is 0 Å². The fourth-order valence-corrected chi connectivity index (χ4v) is 9.52. The molecule has 0 bridgehead atoms. The quantitative estimate of drug-likeness (QED) is 0.168. The third-order valence-electron chi connectivity index (χ3n) is 12.4. The summed E-state index contributed by atoms with van der Waals surface area (Å²) in [6.45, 7) is 0. The summed E-state index contributed by atoms with van der Waals surface area (Å²) in [6.07, 6.45) is 0. The van der Waals surface area contributed by atoms with Gasteiger partial charge in [-0.2, -0.15) is 9.97 Å². The molecular weight excluding hydrogens is 771 g/mol. The van der Waals surface area contributed by atoms with Gasteiger partial charge in [0.15, 0.2) is 11.6 Å². The first-order chi connectivity index (χ1) is 31.2. The molecule has 0 saturated carbocycles. The van der Waals surface area contributed by atoms with Gasteiger partial charge in [0.05, 0.1) is 22.1 Å². The average molecular weight is 806 g/mol. The summed E-state index contributed by atoms with van der Waals surface area (Å²) in [5, 5.41) is 6.78. The maximum absolute atomic E-state index is 6.33. The number of fused-ring (bicyclic) bond motifs is 10. The van der Waals surface area contributed by atoms with Gasteiger partial charge in [0, 0.05) is 49.1 Å². The van der Waals surface area contributed by atoms with Gasteiger partial charge in [-0.05, 0) is 82.9 Å². The number of furan rings is 1. The molecular formula is C57H35N5O. The molecule has 0 aliphatic heterocycles. The molecule has 9 aromatic carbocycles. The molecule has 0 saturated heterocycles. The van der Waals surface area contributed by atoms with E-state index in [9.17, 15) is 0 Å². The normalized spacial score (nSPS) is 11.8. The minimum Gasteiger partial charge on any atom is -0.456 e. The summed E-state index contributed by atoms with van der Waals surface area (Å²) in [5.74, 6) is 1.71. The summed E-state index contributed by atoms with van der Waals surface area (Å²) in [5.41, 5.74) is 13.5. The zero-order chi connectivity index (χ0) is 41.4. The van der Waals surface area contributed by atoms with Crippen molar-refractivity contribution < 1.29 is 4.42 Å². The van der Waals surface area contributed by atoms with Crippen molar-refractivity contribution >= 4 is 65.6 Å². The molecule has 6 nitrogen and oxygen atoms in total. The second-order valence-corrected chi connectivity index (χ2v) is 16.0. The van der Waals surface area contributed by atoms with Crippen LogP contribution in [0.1, 0.15) is 0 Å². The first kappa shape index (κ1) is 35.2. The molecule has 0 aliphatic rings. The maximum atomic E-state index is 6.33. The van der Waals surface area contributed by atoms with E-state index >= 15 is 0 Å². The first-order valence-electron chi connectivity index (χ1n) is 21.2. The van der Waals surface area contributed by atoms with Crippen LogP contribution < -0.4 is 0 Å². The molecule has 13 rings (SSSR count). The van der Waals surface area contributed by atoms with Crippen LogP contribution in [0, 0.1) is 0 Å². The highest BCUT2D eigenvalue weighted by Gasteiger charge is 2.23. The molecule has 6 heteroatoms. The molecule has 63 heavy (non-hydrogen) atoms. The van der Waals surface area contributed by atoms with E-state index in [1.165, 1.54) is 27.5 Å². The minimum absolute atomic E-state index is 0.545. The van der Waals surface area contributed by atoms with Gasteiger partial charge in [-0.15, -0.1) is 0 Å². The zero-order valence-corrected chi connectivity index (χ0v) is 33.9. The number of aromatic nitrogens is 5. The van der Waals surface area contributed by atoms with Crippen molar-refractivity contribution in [2.45, 2.75) is 0 Å². The Kier molecular flexibility index (Phi) is 7.80. The smallest absolute Gasteiger partial charge is 0.238 e. The van der Waals surface area contributed by atoms with E-state index in [1.54, 1.807) is 0 Å². The zero-order valence-electron chi connectivity index (χ0n) is 33.9. The summed E-state index contributed by atoms with van der Waals surface area (Å²) in [4.78, 5) is 15.6. The molecule has 294 valence electrons. The van der Waals surface area contributed by atoms with Gasteiger partial charge in [0.2, 0.25) is 5.95 Å². The van der Waals surface area contributed by atoms with Crippen LogP contribution in [0.4, 0.5) is 0 Å². The van der Waals surface area contributed by atoms with E-state index in [-0.39, 0.29) is 0 Å². The predicted molar refractivity (Wildman–Crippen MR) is 258 cm³/mol. The molecule has 4 aromatic heterocycles. The van der Waals surface area contributed by atoms with E-state index in [4.69, 9.17) is 19.4 Å². The monoisotopic (exact) mass is 805 g/mol. The van der Waals surface area contributed by atoms with Crippen LogP contribution in [-0.2, 0) is 0 Å². The average Bonchev–Trinajstić information content (AvgIpc) is 4.02. The lowest BCUT2D eigenvalue weighted by molar-refractivity contribution is 0.669. The molecule has 0 N–H and O–H groups in total. The second-order valence-electron chi connectivity index (χ2n) is 16.0. The molecule has 0 fully saturated rings. The topological polar surface area (TPSA) is 61.7 Å². The number of para-hydroxylation sites is 3. The van der Waals surface area contributed by atoms with Gasteiger partial charge < -0.3 is 8.98 Å². The van der Waals surface area contributed by atoms with Gasteiger partial charge in [-0.1, -0.05) is 152 Å². The highest BCUT2D eigenvalue weighted by molar-refractivity contribution is 6.28. The third-order valence-corrected chi connectivity index (χ3v) is 12.4. The fourth-order valence-electron chi connectivity index (χ4n) is 9.52. The standard InChI is InChI=1S/C57H35N5O/c1-3-15-36(16-4-1)38-19-13-20-39(33-38)40-21-14-22-42(34-40)61-47-26-10-7-24-45(47)53-49(61)31-32-50-54(53)46-25-8-11-27-48(46)62(50)57-59-55(37-17-5-2-6-18-37)58-56(60-57)41-29-30-44-43-23-9-12-28-51(43)63-52(44)35-41/h1-35H. The van der Waals surface area contributed by atoms with Crippen molar-refractivity contribution in [3.05, 3.63) is 212 Å². The van der Waals surface area contributed by atoms with Crippen LogP contribution >= 0.6 is 0 Å². The van der Waals surface area contributed by atoms with E-state index in [1.807, 2.05) is 54.6 Å². The summed E-state index contributed by atoms with van der Waals surface area (Å²) in [7, 11) is 0. The molecule has 13 aromatic rings. The van der Waals surface area contributed by atoms with Crippen molar-refractivity contribution in [3.63, 3.8) is 0 Å². The highest BCUT2D eigenvalue weighted by atomic mass is 16.3. The van der Waals surface area contributed by atoms with Gasteiger partial charge in [0.25, 0.3) is 0 Å². The SMILES string of the molecule is c1ccc(-c2cccc(-c3cccc(-n4c5ccccc5c5c6c7ccccc7n(-c7nc(-c8ccccc8)nc(-c8ccc9c(c8)oc8ccccc89)n7)c6ccc54)c3)c2)cc1. The van der Waals surface area contributed by atoms with Crippen LogP contribution in [0.3, 0.4) is 0 Å². The number of rotatable bonds is 6. The van der Waals surface area contributed by atoms with Crippen molar-refractivity contribution in [2.24, 2.45) is 0 Å². The van der Waals surface area contributed by atoms with Crippen LogP contribution in [-0.4, -0.2) is 24.1 Å². The number of hydrogen-bond donors (Lipinski definition) is 0. The van der Waals surface area contributed by atoms with Gasteiger partial charge >= 0.3 is 0 Å². The van der Waals surface area contributed by atoms with Gasteiger partial charge in [0.1, 0.15) is 11.2 Å². The molecule has 0 aliphatic carbocycles. The Morgan fingerprint density at radius 3 is 1.56 bits per heavy atom. The Labute approximate surface area is 361 Å². The maximum Gasteiger partial charge on any atom is 0.238 e. The summed E-state index contributed by atoms with van der Waals surface area (Å²) >= 11 is 0. The van der Waals surface area contributed by atoms with Gasteiger partial charge in [-0.3, -0.25) is 4.57 Å². The highest BCUT2D eigenvalue weighted by Crippen LogP contribution is 2.43. The summed E-state index contributed by atoms with van der Waals surface area (Å²) in [6, 6.07) is 74.6. The fraction of sp³-hybridized carbons (Fsp3) is 0. The number of nitrogens with zero attached hydrogens (tertiary/aromatic N) is 5. The van der Waals surface area contributed by atoms with Crippen molar-refractivity contribution in [2.75, 3.05) is 0 Å². The number of hydrogen-bond acceptors (Lipinski definition) is 4. The predicted octanol–water partition coefficient (Wildman–Crippen LogP) is 14.6. The second kappa shape index (κ2) is 14.0. The molecule has 4 heterocycles. The Morgan fingerprint density at radius 1 is 0.302 bits per heavy atom. The largest absolute Gasteiger partial charge is 0.456 e. The Bertz CT molecular complexity index is 3920. The van der Waals surface area contributed by atoms with Crippen molar-refractivity contribution in [1.29, 1.82) is 0 Å². The molecule has 0 amide bonds. The summed E-state index contributed by atoms with van der Waals surface area (Å²) < 4.78 is 10.9. The van der Waals surface area contributed by atoms with E-state index in [2.05, 4.69) is 167 Å². The molecule has 0 unspecified atom stereocenters. The number of benzene rings is 9. The van der Waals surface area contributed by atoms with Crippen LogP contribution in [0.2, 0.25) is 0 Å².